The number of aliphatic hydroxyl groups is 2. The Morgan fingerprint density at radius 2 is 1.15 bits per heavy atom. The molecule has 0 bridgehead atoms. The van der Waals surface area contributed by atoms with Crippen molar-refractivity contribution in [2.24, 2.45) is 27.1 Å². The summed E-state index contributed by atoms with van der Waals surface area (Å²) in [5.74, 6) is 1.37. The minimum Gasteiger partial charge on any atom is -0.857 e. The molecule has 0 aromatic carbocycles. The van der Waals surface area contributed by atoms with Crippen LogP contribution in [0.15, 0.2) is 68.9 Å². The van der Waals surface area contributed by atoms with Gasteiger partial charge in [-0.3, -0.25) is 14.4 Å². The third-order valence-electron chi connectivity index (χ3n) is 14.8. The summed E-state index contributed by atoms with van der Waals surface area (Å²) >= 11 is 0. The number of carbonyl (C=O) groups is 4. The van der Waals surface area contributed by atoms with E-state index in [0.717, 1.165) is 51.4 Å². The summed E-state index contributed by atoms with van der Waals surface area (Å²) in [5, 5.41) is 29.7. The van der Waals surface area contributed by atoms with Gasteiger partial charge in [-0.1, -0.05) is 89.1 Å². The van der Waals surface area contributed by atoms with Gasteiger partial charge in [-0.25, -0.2) is 9.69 Å². The van der Waals surface area contributed by atoms with Gasteiger partial charge in [-0.15, -0.1) is 0 Å². The molecule has 4 heterocycles. The Labute approximate surface area is 409 Å². The summed E-state index contributed by atoms with van der Waals surface area (Å²) in [4.78, 5) is 59.9. The quantitative estimate of drug-likeness (QED) is 0.257. The topological polar surface area (TPSA) is 176 Å². The average Bonchev–Trinajstić information content (AvgIpc) is 3.75. The van der Waals surface area contributed by atoms with Crippen LogP contribution in [0.3, 0.4) is 0 Å². The number of aromatic nitrogens is 1. The van der Waals surface area contributed by atoms with E-state index in [0.29, 0.717) is 51.3 Å². The molecule has 1 aromatic heterocycles. The van der Waals surface area contributed by atoms with Crippen LogP contribution in [0.4, 0.5) is 0 Å². The van der Waals surface area contributed by atoms with Gasteiger partial charge in [-0.2, -0.15) is 7.11 Å². The number of allylic oxidation sites excluding steroid dienone is 3. The molecule has 3 aliphatic carbocycles. The molecular weight excluding hydrogens is 836 g/mol. The maximum Gasteiger partial charge on any atom is 1.00 e. The number of fused-ring (bicyclic) bond motifs is 4. The van der Waals surface area contributed by atoms with Crippen LogP contribution in [-0.4, -0.2) is 107 Å². The molecule has 7 rings (SSSR count). The molecule has 0 radical (unpaired) electrons. The first-order valence-electron chi connectivity index (χ1n) is 22.1. The van der Waals surface area contributed by atoms with Crippen LogP contribution in [0.2, 0.25) is 0 Å². The third kappa shape index (κ3) is 10.5. The molecule has 3 aliphatic heterocycles. The number of ketones is 1. The van der Waals surface area contributed by atoms with Gasteiger partial charge in [0.1, 0.15) is 11.5 Å². The molecule has 6 aliphatic rings. The standard InChI is InChI=1S/2C16H22N2O2.C16H20N2O2.CH4O.CH3O.Na/c1-5-16(4)13-6-7-18(11(2)19)10-15(13,3)8-12-9-17-20-14(12)16;2*1-6-16(4)13-7-8-18(11(2)19)10-15(13,3)9-12(17-5)14(16)20;2*1-2;/h6,9H,5,7-8,10H2,1-4H3;7,20H,6,8-10H2,1-4H3;7,9H,6,8,10H2,1-4H3;2H,1H3;1H3;/q;;;;-1;+1/t3*15-,16-;;;/m000.../s1. The van der Waals surface area contributed by atoms with Crippen molar-refractivity contribution < 1.29 is 68.6 Å². The summed E-state index contributed by atoms with van der Waals surface area (Å²) in [6.45, 7) is 41.8. The molecule has 0 fully saturated rings. The van der Waals surface area contributed by atoms with E-state index in [2.05, 4.69) is 54.7 Å². The van der Waals surface area contributed by atoms with E-state index in [-0.39, 0.29) is 80.8 Å². The van der Waals surface area contributed by atoms with Gasteiger partial charge in [0.15, 0.2) is 5.78 Å². The van der Waals surface area contributed by atoms with E-state index in [1.54, 1.807) is 31.7 Å². The fourth-order valence-corrected chi connectivity index (χ4v) is 11.1. The molecule has 3 amide bonds. The number of carbonyl (C=O) groups excluding carboxylic acids is 4. The minimum absolute atomic E-state index is 0. The molecule has 350 valence electrons. The van der Waals surface area contributed by atoms with Crippen molar-refractivity contribution in [1.29, 1.82) is 0 Å². The zero-order valence-electron chi connectivity index (χ0n) is 41.7. The summed E-state index contributed by atoms with van der Waals surface area (Å²) in [6.07, 6.45) is 13.7. The Morgan fingerprint density at radius 1 is 0.723 bits per heavy atom. The Kier molecular flexibility index (Phi) is 19.2. The number of nitrogens with zero attached hydrogens (tertiary/aromatic N) is 6. The van der Waals surface area contributed by atoms with E-state index in [1.165, 1.54) is 16.7 Å². The van der Waals surface area contributed by atoms with Crippen LogP contribution in [0.25, 0.3) is 9.69 Å². The largest absolute Gasteiger partial charge is 1.00 e. The van der Waals surface area contributed by atoms with Gasteiger partial charge >= 0.3 is 29.6 Å². The number of hydrogen-bond acceptors (Lipinski definition) is 9. The summed E-state index contributed by atoms with van der Waals surface area (Å²) in [5.41, 5.74) is 3.63. The van der Waals surface area contributed by atoms with Gasteiger partial charge < -0.3 is 39.3 Å². The van der Waals surface area contributed by atoms with Crippen LogP contribution in [0, 0.1) is 40.2 Å². The zero-order chi connectivity index (χ0) is 48.8. The van der Waals surface area contributed by atoms with Crippen molar-refractivity contribution in [3.05, 3.63) is 98.5 Å². The summed E-state index contributed by atoms with van der Waals surface area (Å²) < 4.78 is 5.56. The molecule has 1 aromatic rings. The normalized spacial score (nSPS) is 30.6. The SMILES string of the molecule is CC[C@@]1(C)C2=CCN(C(C)=O)C[C@]2(C)Cc2cnoc21.CO.C[O-].[C-]#[N+]C1=C(O)[C@@](C)(CC)C2=CCN(C(C)=O)C[C@]2(C)C1.[C-]#[N+]C1=C[C@@]2(C)CN(C(C)=O)CC=C2[C@](C)(CC)C1=O.[Na+]. The molecule has 0 spiro atoms. The van der Waals surface area contributed by atoms with E-state index in [1.807, 2.05) is 56.7 Å². The molecule has 0 unspecified atom stereocenters. The van der Waals surface area contributed by atoms with Gasteiger partial charge in [0, 0.05) is 105 Å². The number of hydrogen-bond donors (Lipinski definition) is 2. The van der Waals surface area contributed by atoms with Crippen molar-refractivity contribution in [1.82, 2.24) is 19.9 Å². The maximum absolute atomic E-state index is 12.5. The first-order chi connectivity index (χ1) is 30.0. The van der Waals surface area contributed by atoms with Crippen molar-refractivity contribution in [2.75, 3.05) is 53.5 Å². The molecule has 0 saturated heterocycles. The number of Topliss-reactive ketones (excluding diaryl/α,β-unsaturated/α-hetero) is 1. The molecule has 2 N–H and O–H groups in total. The summed E-state index contributed by atoms with van der Waals surface area (Å²) in [6, 6.07) is 0. The Hall–Kier alpha value is -4.31. The predicted octanol–water partition coefficient (Wildman–Crippen LogP) is 4.16. The maximum atomic E-state index is 12.5. The van der Waals surface area contributed by atoms with E-state index >= 15 is 0 Å². The summed E-state index contributed by atoms with van der Waals surface area (Å²) in [7, 11) is 1.75. The van der Waals surface area contributed by atoms with Crippen LogP contribution in [-0.2, 0) is 31.0 Å². The average molecular weight is 907 g/mol. The molecular formula is C50H71N6NaO8. The van der Waals surface area contributed by atoms with Gasteiger partial charge in [0.2, 0.25) is 29.1 Å². The fraction of sp³-hybridized carbons (Fsp3) is 0.620. The van der Waals surface area contributed by atoms with Crippen LogP contribution in [0.5, 0.6) is 0 Å². The van der Waals surface area contributed by atoms with Crippen molar-refractivity contribution in [3.8, 4) is 0 Å². The third-order valence-corrected chi connectivity index (χ3v) is 14.8. The first kappa shape index (κ1) is 56.8. The predicted molar refractivity (Wildman–Crippen MR) is 245 cm³/mol. The second-order valence-electron chi connectivity index (χ2n) is 19.1. The zero-order valence-corrected chi connectivity index (χ0v) is 43.7. The van der Waals surface area contributed by atoms with Crippen LogP contribution in [0.1, 0.15) is 120 Å². The second kappa shape index (κ2) is 22.0. The number of amides is 3. The Balaban J connectivity index is 0.000000320. The van der Waals surface area contributed by atoms with Crippen LogP contribution >= 0.6 is 0 Å². The minimum atomic E-state index is -0.619. The Bertz CT molecular complexity index is 2230. The smallest absolute Gasteiger partial charge is 0.857 e. The monoisotopic (exact) mass is 907 g/mol. The number of aliphatic hydroxyl groups excluding tert-OH is 2. The van der Waals surface area contributed by atoms with Crippen molar-refractivity contribution >= 4 is 23.5 Å². The molecule has 14 nitrogen and oxygen atoms in total. The molecule has 15 heteroatoms. The molecule has 0 saturated carbocycles. The fourth-order valence-electron chi connectivity index (χ4n) is 11.1. The number of rotatable bonds is 3. The Morgan fingerprint density at radius 3 is 1.58 bits per heavy atom. The first-order valence-corrected chi connectivity index (χ1v) is 22.1. The van der Waals surface area contributed by atoms with E-state index < -0.39 is 16.2 Å². The van der Waals surface area contributed by atoms with E-state index in [9.17, 15) is 24.3 Å². The molecule has 65 heavy (non-hydrogen) atoms. The second-order valence-corrected chi connectivity index (χ2v) is 19.1. The van der Waals surface area contributed by atoms with Gasteiger partial charge in [-0.05, 0) is 51.5 Å². The molecule has 6 atom stereocenters. The van der Waals surface area contributed by atoms with Crippen molar-refractivity contribution in [2.45, 2.75) is 121 Å². The van der Waals surface area contributed by atoms with Crippen LogP contribution < -0.4 is 34.7 Å². The van der Waals surface area contributed by atoms with Gasteiger partial charge in [0.25, 0.3) is 0 Å². The van der Waals surface area contributed by atoms with E-state index in [4.69, 9.17) is 27.9 Å². The van der Waals surface area contributed by atoms with Crippen molar-refractivity contribution in [3.63, 3.8) is 0 Å². The van der Waals surface area contributed by atoms with Gasteiger partial charge in [0.05, 0.1) is 19.3 Å².